The van der Waals surface area contributed by atoms with Crippen molar-refractivity contribution in [2.24, 2.45) is 0 Å². The fourth-order valence-electron chi connectivity index (χ4n) is 1.56. The molecule has 2 aromatic rings. The van der Waals surface area contributed by atoms with Crippen LogP contribution in [-0.4, -0.2) is 6.54 Å². The van der Waals surface area contributed by atoms with Gasteiger partial charge < -0.3 is 5.32 Å². The lowest BCUT2D eigenvalue weighted by Crippen LogP contribution is -2.05. The third kappa shape index (κ3) is 3.09. The predicted octanol–water partition coefficient (Wildman–Crippen LogP) is 4.04. The molecule has 0 aliphatic carbocycles. The van der Waals surface area contributed by atoms with E-state index in [2.05, 4.69) is 44.1 Å². The molecule has 0 saturated carbocycles. The Kier molecular flexibility index (Phi) is 4.18. The number of rotatable bonds is 4. The van der Waals surface area contributed by atoms with E-state index in [1.807, 2.05) is 18.2 Å². The van der Waals surface area contributed by atoms with Gasteiger partial charge in [0.15, 0.2) is 0 Å². The van der Waals surface area contributed by atoms with Gasteiger partial charge in [-0.05, 0) is 56.9 Å². The first-order valence-electron chi connectivity index (χ1n) is 5.25. The van der Waals surface area contributed by atoms with Gasteiger partial charge in [-0.2, -0.15) is 16.6 Å². The van der Waals surface area contributed by atoms with Crippen LogP contribution < -0.4 is 5.32 Å². The minimum Gasteiger partial charge on any atom is -0.384 e. The molecule has 86 valence electrons. The fraction of sp³-hybridized carbons (Fsp3) is 0.154. The van der Waals surface area contributed by atoms with E-state index >= 15 is 0 Å². The molecule has 0 amide bonds. The molecule has 0 radical (unpaired) electrons. The molecule has 0 spiro atoms. The largest absolute Gasteiger partial charge is 0.384 e. The zero-order chi connectivity index (χ0) is 12.1. The maximum Gasteiger partial charge on any atom is 0.103 e. The van der Waals surface area contributed by atoms with E-state index in [4.69, 9.17) is 5.26 Å². The van der Waals surface area contributed by atoms with Gasteiger partial charge in [-0.25, -0.2) is 0 Å². The van der Waals surface area contributed by atoms with Gasteiger partial charge in [0.05, 0.1) is 11.3 Å². The Hall–Kier alpha value is -1.31. The Labute approximate surface area is 113 Å². The summed E-state index contributed by atoms with van der Waals surface area (Å²) in [5, 5.41) is 16.6. The van der Waals surface area contributed by atoms with E-state index in [9.17, 15) is 0 Å². The molecular formula is C13H11BrN2S. The molecule has 0 fully saturated rings. The van der Waals surface area contributed by atoms with E-state index in [-0.39, 0.29) is 0 Å². The predicted molar refractivity (Wildman–Crippen MR) is 75.4 cm³/mol. The number of nitrogens with zero attached hydrogens (tertiary/aromatic N) is 1. The molecule has 0 bridgehead atoms. The number of thiophene rings is 1. The Morgan fingerprint density at radius 3 is 2.94 bits per heavy atom. The quantitative estimate of drug-likeness (QED) is 0.925. The topological polar surface area (TPSA) is 35.8 Å². The summed E-state index contributed by atoms with van der Waals surface area (Å²) in [5.74, 6) is 0. The third-order valence-electron chi connectivity index (χ3n) is 2.43. The van der Waals surface area contributed by atoms with Crippen LogP contribution in [0.4, 0.5) is 5.69 Å². The van der Waals surface area contributed by atoms with E-state index in [1.54, 1.807) is 11.3 Å². The highest BCUT2D eigenvalue weighted by atomic mass is 79.9. The lowest BCUT2D eigenvalue weighted by atomic mass is 10.2. The second-order valence-corrected chi connectivity index (χ2v) is 5.22. The second kappa shape index (κ2) is 5.85. The van der Waals surface area contributed by atoms with Gasteiger partial charge in [-0.15, -0.1) is 0 Å². The van der Waals surface area contributed by atoms with Crippen LogP contribution in [0.2, 0.25) is 0 Å². The Morgan fingerprint density at radius 2 is 2.24 bits per heavy atom. The van der Waals surface area contributed by atoms with Crippen LogP contribution in [0.25, 0.3) is 0 Å². The minimum atomic E-state index is 0.665. The Balaban J connectivity index is 2.00. The number of benzene rings is 1. The number of hydrogen-bond acceptors (Lipinski definition) is 3. The van der Waals surface area contributed by atoms with Gasteiger partial charge in [-0.1, -0.05) is 6.07 Å². The van der Waals surface area contributed by atoms with Crippen LogP contribution >= 0.6 is 27.3 Å². The highest BCUT2D eigenvalue weighted by Crippen LogP contribution is 2.23. The van der Waals surface area contributed by atoms with Crippen molar-refractivity contribution in [1.29, 1.82) is 5.26 Å². The van der Waals surface area contributed by atoms with E-state index in [0.29, 0.717) is 5.56 Å². The highest BCUT2D eigenvalue weighted by molar-refractivity contribution is 9.10. The SMILES string of the molecule is N#Cc1c(Br)cccc1NCCc1ccsc1. The van der Waals surface area contributed by atoms with Crippen LogP contribution in [0.1, 0.15) is 11.1 Å². The van der Waals surface area contributed by atoms with Crippen molar-refractivity contribution in [3.8, 4) is 6.07 Å². The van der Waals surface area contributed by atoms with E-state index < -0.39 is 0 Å². The van der Waals surface area contributed by atoms with Crippen LogP contribution in [0, 0.1) is 11.3 Å². The zero-order valence-electron chi connectivity index (χ0n) is 9.11. The number of halogens is 1. The van der Waals surface area contributed by atoms with Crippen LogP contribution in [0.15, 0.2) is 39.5 Å². The summed E-state index contributed by atoms with van der Waals surface area (Å²) in [4.78, 5) is 0. The van der Waals surface area contributed by atoms with Gasteiger partial charge in [-0.3, -0.25) is 0 Å². The minimum absolute atomic E-state index is 0.665. The maximum absolute atomic E-state index is 9.06. The standard InChI is InChI=1S/C13H11BrN2S/c14-12-2-1-3-13(11(12)8-15)16-6-4-10-5-7-17-9-10/h1-3,5,7,9,16H,4,6H2. The van der Waals surface area contributed by atoms with Crippen molar-refractivity contribution in [1.82, 2.24) is 0 Å². The molecule has 2 rings (SSSR count). The summed E-state index contributed by atoms with van der Waals surface area (Å²) in [5.41, 5.74) is 2.88. The Bertz CT molecular complexity index is 529. The number of hydrogen-bond donors (Lipinski definition) is 1. The molecule has 1 aromatic carbocycles. The smallest absolute Gasteiger partial charge is 0.103 e. The summed E-state index contributed by atoms with van der Waals surface area (Å²) in [6.07, 6.45) is 0.973. The zero-order valence-corrected chi connectivity index (χ0v) is 11.5. The first-order valence-corrected chi connectivity index (χ1v) is 6.98. The molecule has 0 atom stereocenters. The van der Waals surface area contributed by atoms with Crippen molar-refractivity contribution in [2.75, 3.05) is 11.9 Å². The van der Waals surface area contributed by atoms with Crippen molar-refractivity contribution in [3.05, 3.63) is 50.6 Å². The monoisotopic (exact) mass is 306 g/mol. The summed E-state index contributed by atoms with van der Waals surface area (Å²) >= 11 is 5.09. The van der Waals surface area contributed by atoms with Crippen molar-refractivity contribution >= 4 is 33.0 Å². The lowest BCUT2D eigenvalue weighted by molar-refractivity contribution is 1.03. The van der Waals surface area contributed by atoms with Crippen LogP contribution in [-0.2, 0) is 6.42 Å². The van der Waals surface area contributed by atoms with Gasteiger partial charge in [0.2, 0.25) is 0 Å². The molecule has 0 unspecified atom stereocenters. The average molecular weight is 307 g/mol. The molecule has 2 nitrogen and oxygen atoms in total. The molecule has 17 heavy (non-hydrogen) atoms. The highest BCUT2D eigenvalue weighted by Gasteiger charge is 2.04. The van der Waals surface area contributed by atoms with Gasteiger partial charge in [0.25, 0.3) is 0 Å². The molecule has 0 saturated heterocycles. The summed E-state index contributed by atoms with van der Waals surface area (Å²) in [6.45, 7) is 0.835. The van der Waals surface area contributed by atoms with Gasteiger partial charge >= 0.3 is 0 Å². The summed E-state index contributed by atoms with van der Waals surface area (Å²) < 4.78 is 0.834. The molecule has 1 heterocycles. The van der Waals surface area contributed by atoms with Crippen LogP contribution in [0.5, 0.6) is 0 Å². The van der Waals surface area contributed by atoms with Gasteiger partial charge in [0, 0.05) is 11.0 Å². The Morgan fingerprint density at radius 1 is 1.35 bits per heavy atom. The maximum atomic E-state index is 9.06. The first kappa shape index (κ1) is 12.2. The normalized spacial score (nSPS) is 9.88. The second-order valence-electron chi connectivity index (χ2n) is 3.58. The van der Waals surface area contributed by atoms with E-state index in [1.165, 1.54) is 5.56 Å². The summed E-state index contributed by atoms with van der Waals surface area (Å²) in [7, 11) is 0. The molecular weight excluding hydrogens is 296 g/mol. The van der Waals surface area contributed by atoms with Gasteiger partial charge in [0.1, 0.15) is 6.07 Å². The molecule has 1 aromatic heterocycles. The molecule has 0 aliphatic rings. The van der Waals surface area contributed by atoms with E-state index in [0.717, 1.165) is 23.1 Å². The lowest BCUT2D eigenvalue weighted by Gasteiger charge is -2.08. The van der Waals surface area contributed by atoms with Crippen molar-refractivity contribution in [2.45, 2.75) is 6.42 Å². The summed E-state index contributed by atoms with van der Waals surface area (Å²) in [6, 6.07) is 10.1. The first-order chi connectivity index (χ1) is 8.31. The van der Waals surface area contributed by atoms with Crippen molar-refractivity contribution in [3.63, 3.8) is 0 Å². The molecule has 1 N–H and O–H groups in total. The molecule has 4 heteroatoms. The fourth-order valence-corrected chi connectivity index (χ4v) is 2.72. The number of anilines is 1. The number of nitriles is 1. The van der Waals surface area contributed by atoms with Crippen LogP contribution in [0.3, 0.4) is 0 Å². The number of nitrogens with one attached hydrogen (secondary N) is 1. The van der Waals surface area contributed by atoms with Crippen molar-refractivity contribution < 1.29 is 0 Å². The molecule has 0 aliphatic heterocycles. The third-order valence-corrected chi connectivity index (χ3v) is 3.83. The average Bonchev–Trinajstić information content (AvgIpc) is 2.82.